The van der Waals surface area contributed by atoms with Crippen LogP contribution in [0, 0.1) is 10.1 Å². The van der Waals surface area contributed by atoms with Crippen LogP contribution in [-0.2, 0) is 4.74 Å². The van der Waals surface area contributed by atoms with Crippen LogP contribution in [0.2, 0.25) is 0 Å². The Morgan fingerprint density at radius 2 is 1.77 bits per heavy atom. The van der Waals surface area contributed by atoms with Crippen LogP contribution in [0.3, 0.4) is 0 Å². The second-order valence-corrected chi connectivity index (χ2v) is 7.14. The molecule has 1 aromatic rings. The van der Waals surface area contributed by atoms with Gasteiger partial charge in [0.25, 0.3) is 5.69 Å². The molecule has 0 radical (unpaired) electrons. The van der Waals surface area contributed by atoms with Crippen molar-refractivity contribution in [2.24, 2.45) is 0 Å². The second kappa shape index (κ2) is 8.03. The number of carbonyl (C=O) groups is 2. The fraction of sp³-hybridized carbons (Fsp3) is 0.529. The Bertz CT molecular complexity index is 661. The van der Waals surface area contributed by atoms with Crippen molar-refractivity contribution in [1.29, 1.82) is 0 Å². The first kappa shape index (κ1) is 19.5. The van der Waals surface area contributed by atoms with Gasteiger partial charge in [-0.05, 0) is 45.7 Å². The Kier molecular flexibility index (Phi) is 6.01. The predicted octanol–water partition coefficient (Wildman–Crippen LogP) is 3.12. The van der Waals surface area contributed by atoms with E-state index in [-0.39, 0.29) is 23.9 Å². The summed E-state index contributed by atoms with van der Waals surface area (Å²) in [6, 6.07) is 5.18. The van der Waals surface area contributed by atoms with Gasteiger partial charge in [0, 0.05) is 37.0 Å². The van der Waals surface area contributed by atoms with Gasteiger partial charge in [0.05, 0.1) is 4.92 Å². The van der Waals surface area contributed by atoms with E-state index in [1.807, 2.05) is 20.8 Å². The lowest BCUT2D eigenvalue weighted by Gasteiger charge is -2.33. The number of rotatable bonds is 3. The third kappa shape index (κ3) is 5.91. The maximum atomic E-state index is 12.0. The van der Waals surface area contributed by atoms with E-state index in [0.29, 0.717) is 31.6 Å². The molecule has 9 heteroatoms. The van der Waals surface area contributed by atoms with Crippen LogP contribution in [0.15, 0.2) is 24.3 Å². The van der Waals surface area contributed by atoms with Crippen LogP contribution in [0.4, 0.5) is 21.0 Å². The molecule has 2 rings (SSSR count). The lowest BCUT2D eigenvalue weighted by Crippen LogP contribution is -2.48. The van der Waals surface area contributed by atoms with Crippen molar-refractivity contribution >= 4 is 23.5 Å². The predicted molar refractivity (Wildman–Crippen MR) is 96.1 cm³/mol. The number of nitrogens with zero attached hydrogens (tertiary/aromatic N) is 2. The van der Waals surface area contributed by atoms with E-state index in [1.54, 1.807) is 4.90 Å². The highest BCUT2D eigenvalue weighted by atomic mass is 16.6. The highest BCUT2D eigenvalue weighted by Gasteiger charge is 2.27. The SMILES string of the molecule is CC(C)(C)OC(=O)N1CCC(NC(=O)Nc2ccc([N+](=O)[O-])cc2)CC1. The van der Waals surface area contributed by atoms with Crippen molar-refractivity contribution in [2.75, 3.05) is 18.4 Å². The first-order valence-electron chi connectivity index (χ1n) is 8.44. The number of nitro groups is 1. The van der Waals surface area contributed by atoms with Gasteiger partial charge in [-0.3, -0.25) is 10.1 Å². The highest BCUT2D eigenvalue weighted by Crippen LogP contribution is 2.17. The fourth-order valence-corrected chi connectivity index (χ4v) is 2.55. The molecule has 1 heterocycles. The summed E-state index contributed by atoms with van der Waals surface area (Å²) in [5.41, 5.74) is -0.0960. The van der Waals surface area contributed by atoms with Gasteiger partial charge in [-0.25, -0.2) is 9.59 Å². The molecule has 0 aromatic heterocycles. The van der Waals surface area contributed by atoms with Gasteiger partial charge in [0.15, 0.2) is 0 Å². The number of nitrogens with one attached hydrogen (secondary N) is 2. The van der Waals surface area contributed by atoms with Gasteiger partial charge in [-0.1, -0.05) is 0 Å². The van der Waals surface area contributed by atoms with Gasteiger partial charge in [0.1, 0.15) is 5.60 Å². The molecule has 0 atom stereocenters. The number of carbonyl (C=O) groups excluding carboxylic acids is 2. The van der Waals surface area contributed by atoms with Crippen molar-refractivity contribution in [2.45, 2.75) is 45.3 Å². The van der Waals surface area contributed by atoms with E-state index in [2.05, 4.69) is 10.6 Å². The molecule has 0 spiro atoms. The maximum Gasteiger partial charge on any atom is 0.410 e. The van der Waals surface area contributed by atoms with Gasteiger partial charge in [-0.2, -0.15) is 0 Å². The van der Waals surface area contributed by atoms with Crippen LogP contribution < -0.4 is 10.6 Å². The standard InChI is InChI=1S/C17H24N4O5/c1-17(2,3)26-16(23)20-10-8-13(9-11-20)19-15(22)18-12-4-6-14(7-5-12)21(24)25/h4-7,13H,8-11H2,1-3H3,(H2,18,19,22). The zero-order chi connectivity index (χ0) is 19.3. The number of nitro benzene ring substituents is 1. The molecule has 1 fully saturated rings. The van der Waals surface area contributed by atoms with E-state index in [4.69, 9.17) is 4.74 Å². The van der Waals surface area contributed by atoms with Crippen LogP contribution in [0.25, 0.3) is 0 Å². The molecule has 3 amide bonds. The molecule has 26 heavy (non-hydrogen) atoms. The summed E-state index contributed by atoms with van der Waals surface area (Å²) in [5.74, 6) is 0. The first-order chi connectivity index (χ1) is 12.1. The van der Waals surface area contributed by atoms with Crippen molar-refractivity contribution in [3.8, 4) is 0 Å². The summed E-state index contributed by atoms with van der Waals surface area (Å²) in [7, 11) is 0. The lowest BCUT2D eigenvalue weighted by molar-refractivity contribution is -0.384. The number of anilines is 1. The van der Waals surface area contributed by atoms with E-state index in [9.17, 15) is 19.7 Å². The number of ether oxygens (including phenoxy) is 1. The number of amides is 3. The Hall–Kier alpha value is -2.84. The Morgan fingerprint density at radius 1 is 1.19 bits per heavy atom. The topological polar surface area (TPSA) is 114 Å². The van der Waals surface area contributed by atoms with E-state index < -0.39 is 10.5 Å². The number of hydrogen-bond acceptors (Lipinski definition) is 5. The Morgan fingerprint density at radius 3 is 2.27 bits per heavy atom. The van der Waals surface area contributed by atoms with Crippen molar-refractivity contribution in [1.82, 2.24) is 10.2 Å². The average molecular weight is 364 g/mol. The summed E-state index contributed by atoms with van der Waals surface area (Å²) in [5, 5.41) is 16.1. The zero-order valence-electron chi connectivity index (χ0n) is 15.2. The van der Waals surface area contributed by atoms with Crippen molar-refractivity contribution in [3.63, 3.8) is 0 Å². The highest BCUT2D eigenvalue weighted by molar-refractivity contribution is 5.89. The Labute approximate surface area is 151 Å². The number of urea groups is 1. The van der Waals surface area contributed by atoms with Crippen LogP contribution in [0.1, 0.15) is 33.6 Å². The molecular weight excluding hydrogens is 340 g/mol. The van der Waals surface area contributed by atoms with Gasteiger partial charge in [-0.15, -0.1) is 0 Å². The van der Waals surface area contributed by atoms with E-state index >= 15 is 0 Å². The summed E-state index contributed by atoms with van der Waals surface area (Å²) in [4.78, 5) is 35.8. The summed E-state index contributed by atoms with van der Waals surface area (Å²) in [6.07, 6.45) is 0.922. The molecule has 0 bridgehead atoms. The second-order valence-electron chi connectivity index (χ2n) is 7.14. The van der Waals surface area contributed by atoms with Crippen LogP contribution >= 0.6 is 0 Å². The molecule has 0 unspecified atom stereocenters. The number of non-ortho nitro benzene ring substituents is 1. The summed E-state index contributed by atoms with van der Waals surface area (Å²) >= 11 is 0. The quantitative estimate of drug-likeness (QED) is 0.632. The molecule has 0 saturated carbocycles. The molecule has 1 aliphatic rings. The van der Waals surface area contributed by atoms with Crippen molar-refractivity contribution < 1.29 is 19.2 Å². The third-order valence-corrected chi connectivity index (χ3v) is 3.82. The smallest absolute Gasteiger partial charge is 0.410 e. The van der Waals surface area contributed by atoms with Crippen LogP contribution in [0.5, 0.6) is 0 Å². The first-order valence-corrected chi connectivity index (χ1v) is 8.44. The van der Waals surface area contributed by atoms with E-state index in [0.717, 1.165) is 0 Å². The maximum absolute atomic E-state index is 12.0. The Balaban J connectivity index is 1.77. The van der Waals surface area contributed by atoms with E-state index in [1.165, 1.54) is 24.3 Å². The molecule has 2 N–H and O–H groups in total. The third-order valence-electron chi connectivity index (χ3n) is 3.82. The minimum atomic E-state index is -0.531. The van der Waals surface area contributed by atoms with Gasteiger partial charge in [0.2, 0.25) is 0 Å². The molecule has 0 aliphatic carbocycles. The molecular formula is C17H24N4O5. The number of hydrogen-bond donors (Lipinski definition) is 2. The monoisotopic (exact) mass is 364 g/mol. The number of benzene rings is 1. The minimum absolute atomic E-state index is 0.0366. The van der Waals surface area contributed by atoms with Crippen molar-refractivity contribution in [3.05, 3.63) is 34.4 Å². The molecule has 9 nitrogen and oxygen atoms in total. The lowest BCUT2D eigenvalue weighted by atomic mass is 10.1. The molecule has 1 saturated heterocycles. The summed E-state index contributed by atoms with van der Waals surface area (Å²) < 4.78 is 5.34. The molecule has 1 aliphatic heterocycles. The van der Waals surface area contributed by atoms with Gasteiger partial charge >= 0.3 is 12.1 Å². The fourth-order valence-electron chi connectivity index (χ4n) is 2.55. The molecule has 1 aromatic carbocycles. The minimum Gasteiger partial charge on any atom is -0.444 e. The zero-order valence-corrected chi connectivity index (χ0v) is 15.2. The largest absolute Gasteiger partial charge is 0.444 e. The normalized spacial score (nSPS) is 15.3. The van der Waals surface area contributed by atoms with Gasteiger partial charge < -0.3 is 20.3 Å². The number of likely N-dealkylation sites (tertiary alicyclic amines) is 1. The van der Waals surface area contributed by atoms with Crippen LogP contribution in [-0.4, -0.2) is 46.7 Å². The average Bonchev–Trinajstić information content (AvgIpc) is 2.54. The molecule has 142 valence electrons. The summed E-state index contributed by atoms with van der Waals surface area (Å²) in [6.45, 7) is 6.49. The number of piperidine rings is 1.